The van der Waals surface area contributed by atoms with Gasteiger partial charge in [-0.15, -0.1) is 0 Å². The lowest BCUT2D eigenvalue weighted by molar-refractivity contribution is 0.134. The SMILES string of the molecule is c1cnc(N2CCN([C@@H]3C[C@H]4CC[C@@H]3C4)CC2)nc1. The minimum Gasteiger partial charge on any atom is -0.338 e. The third kappa shape index (κ3) is 2.12. The highest BCUT2D eigenvalue weighted by molar-refractivity contribution is 5.29. The van der Waals surface area contributed by atoms with E-state index in [0.717, 1.165) is 36.9 Å². The van der Waals surface area contributed by atoms with E-state index in [2.05, 4.69) is 19.8 Å². The molecule has 1 saturated heterocycles. The lowest BCUT2D eigenvalue weighted by atomic mass is 9.93. The van der Waals surface area contributed by atoms with Gasteiger partial charge in [-0.05, 0) is 37.2 Å². The Morgan fingerprint density at radius 3 is 2.37 bits per heavy atom. The Morgan fingerprint density at radius 2 is 1.74 bits per heavy atom. The fourth-order valence-corrected chi connectivity index (χ4v) is 4.37. The van der Waals surface area contributed by atoms with Crippen molar-refractivity contribution >= 4 is 5.95 Å². The summed E-state index contributed by atoms with van der Waals surface area (Å²) in [5, 5.41) is 0. The molecular formula is C15H22N4. The maximum absolute atomic E-state index is 4.36. The second-order valence-electron chi connectivity index (χ2n) is 6.31. The molecule has 0 aromatic carbocycles. The summed E-state index contributed by atoms with van der Waals surface area (Å²) in [6.07, 6.45) is 9.63. The molecule has 3 atom stereocenters. The summed E-state index contributed by atoms with van der Waals surface area (Å²) >= 11 is 0. The standard InChI is InChI=1S/C15H22N4/c1-4-16-15(17-5-1)19-8-6-18(7-9-19)14-11-12-2-3-13(14)10-12/h1,4-5,12-14H,2-3,6-11H2/t12-,13+,14+/m0/s1. The molecule has 3 fully saturated rings. The smallest absolute Gasteiger partial charge is 0.225 e. The predicted octanol–water partition coefficient (Wildman–Crippen LogP) is 1.79. The van der Waals surface area contributed by atoms with Gasteiger partial charge in [-0.1, -0.05) is 6.42 Å². The molecular weight excluding hydrogens is 236 g/mol. The van der Waals surface area contributed by atoms with Gasteiger partial charge in [0.1, 0.15) is 0 Å². The van der Waals surface area contributed by atoms with Gasteiger partial charge in [-0.25, -0.2) is 9.97 Å². The summed E-state index contributed by atoms with van der Waals surface area (Å²) in [6, 6.07) is 2.77. The van der Waals surface area contributed by atoms with E-state index in [0.29, 0.717) is 0 Å². The lowest BCUT2D eigenvalue weighted by Gasteiger charge is -2.41. The van der Waals surface area contributed by atoms with E-state index in [1.807, 2.05) is 18.5 Å². The van der Waals surface area contributed by atoms with Crippen LogP contribution in [-0.2, 0) is 0 Å². The van der Waals surface area contributed by atoms with E-state index in [1.54, 1.807) is 0 Å². The van der Waals surface area contributed by atoms with E-state index >= 15 is 0 Å². The van der Waals surface area contributed by atoms with Crippen LogP contribution in [0.2, 0.25) is 0 Å². The number of hydrogen-bond donors (Lipinski definition) is 0. The minimum atomic E-state index is 0.887. The van der Waals surface area contributed by atoms with Crippen molar-refractivity contribution in [2.75, 3.05) is 31.1 Å². The molecule has 0 N–H and O–H groups in total. The largest absolute Gasteiger partial charge is 0.338 e. The Bertz CT molecular complexity index is 427. The van der Waals surface area contributed by atoms with Crippen LogP contribution in [0.15, 0.2) is 18.5 Å². The van der Waals surface area contributed by atoms with Crippen LogP contribution in [0.3, 0.4) is 0 Å². The van der Waals surface area contributed by atoms with E-state index < -0.39 is 0 Å². The maximum Gasteiger partial charge on any atom is 0.225 e. The molecule has 102 valence electrons. The molecule has 0 spiro atoms. The van der Waals surface area contributed by atoms with Gasteiger partial charge in [0.25, 0.3) is 0 Å². The summed E-state index contributed by atoms with van der Waals surface area (Å²) in [5.74, 6) is 2.95. The van der Waals surface area contributed by atoms with Gasteiger partial charge >= 0.3 is 0 Å². The summed E-state index contributed by atoms with van der Waals surface area (Å²) < 4.78 is 0. The molecule has 1 aliphatic heterocycles. The fourth-order valence-electron chi connectivity index (χ4n) is 4.37. The van der Waals surface area contributed by atoms with Crippen LogP contribution in [0.25, 0.3) is 0 Å². The molecule has 4 heteroatoms. The molecule has 1 aromatic heterocycles. The van der Waals surface area contributed by atoms with Crippen LogP contribution in [0.1, 0.15) is 25.7 Å². The zero-order chi connectivity index (χ0) is 12.7. The average Bonchev–Trinajstić information content (AvgIpc) is 3.11. The van der Waals surface area contributed by atoms with Crippen LogP contribution >= 0.6 is 0 Å². The monoisotopic (exact) mass is 258 g/mol. The van der Waals surface area contributed by atoms with Gasteiger partial charge in [0.15, 0.2) is 0 Å². The third-order valence-electron chi connectivity index (χ3n) is 5.32. The Kier molecular flexibility index (Phi) is 2.91. The maximum atomic E-state index is 4.36. The van der Waals surface area contributed by atoms with Gasteiger partial charge in [0.05, 0.1) is 0 Å². The molecule has 0 unspecified atom stereocenters. The Hall–Kier alpha value is -1.16. The highest BCUT2D eigenvalue weighted by atomic mass is 15.3. The summed E-state index contributed by atoms with van der Waals surface area (Å²) in [6.45, 7) is 4.54. The van der Waals surface area contributed by atoms with Gasteiger partial charge in [-0.3, -0.25) is 4.90 Å². The highest BCUT2D eigenvalue weighted by Crippen LogP contribution is 2.46. The van der Waals surface area contributed by atoms with Gasteiger partial charge in [0, 0.05) is 44.6 Å². The average molecular weight is 258 g/mol. The second kappa shape index (κ2) is 4.75. The minimum absolute atomic E-state index is 0.887. The first kappa shape index (κ1) is 11.6. The normalized spacial score (nSPS) is 34.9. The molecule has 1 aromatic rings. The van der Waals surface area contributed by atoms with Gasteiger partial charge in [0.2, 0.25) is 5.95 Å². The van der Waals surface area contributed by atoms with Crippen molar-refractivity contribution in [1.29, 1.82) is 0 Å². The number of aromatic nitrogens is 2. The Labute approximate surface area is 114 Å². The summed E-state index contributed by atoms with van der Waals surface area (Å²) in [7, 11) is 0. The second-order valence-corrected chi connectivity index (χ2v) is 6.31. The molecule has 2 heterocycles. The van der Waals surface area contributed by atoms with E-state index in [1.165, 1.54) is 38.8 Å². The molecule has 2 saturated carbocycles. The van der Waals surface area contributed by atoms with E-state index in [-0.39, 0.29) is 0 Å². The van der Waals surface area contributed by atoms with Gasteiger partial charge in [-0.2, -0.15) is 0 Å². The first-order valence-electron chi connectivity index (χ1n) is 7.66. The number of anilines is 1. The molecule has 2 bridgehead atoms. The first-order valence-corrected chi connectivity index (χ1v) is 7.66. The number of rotatable bonds is 2. The van der Waals surface area contributed by atoms with Crippen molar-refractivity contribution in [2.24, 2.45) is 11.8 Å². The van der Waals surface area contributed by atoms with Gasteiger partial charge < -0.3 is 4.90 Å². The van der Waals surface area contributed by atoms with Crippen LogP contribution < -0.4 is 4.90 Å². The number of hydrogen-bond acceptors (Lipinski definition) is 4. The zero-order valence-electron chi connectivity index (χ0n) is 11.4. The summed E-state index contributed by atoms with van der Waals surface area (Å²) in [4.78, 5) is 13.8. The summed E-state index contributed by atoms with van der Waals surface area (Å²) in [5.41, 5.74) is 0. The predicted molar refractivity (Wildman–Crippen MR) is 75.1 cm³/mol. The van der Waals surface area contributed by atoms with Crippen LogP contribution in [0.4, 0.5) is 5.95 Å². The van der Waals surface area contributed by atoms with E-state index in [4.69, 9.17) is 0 Å². The van der Waals surface area contributed by atoms with Crippen molar-refractivity contribution < 1.29 is 0 Å². The molecule has 4 rings (SSSR count). The van der Waals surface area contributed by atoms with Crippen molar-refractivity contribution in [3.63, 3.8) is 0 Å². The number of piperazine rings is 1. The Balaban J connectivity index is 1.38. The molecule has 0 radical (unpaired) electrons. The third-order valence-corrected chi connectivity index (χ3v) is 5.32. The zero-order valence-corrected chi connectivity index (χ0v) is 11.4. The molecule has 4 nitrogen and oxygen atoms in total. The first-order chi connectivity index (χ1) is 9.40. The quantitative estimate of drug-likeness (QED) is 0.809. The topological polar surface area (TPSA) is 32.3 Å². The van der Waals surface area contributed by atoms with E-state index in [9.17, 15) is 0 Å². The molecule has 19 heavy (non-hydrogen) atoms. The Morgan fingerprint density at radius 1 is 0.947 bits per heavy atom. The van der Waals surface area contributed by atoms with Crippen LogP contribution in [-0.4, -0.2) is 47.1 Å². The van der Waals surface area contributed by atoms with Crippen LogP contribution in [0.5, 0.6) is 0 Å². The lowest BCUT2D eigenvalue weighted by Crippen LogP contribution is -2.52. The number of nitrogens with zero attached hydrogens (tertiary/aromatic N) is 4. The van der Waals surface area contributed by atoms with Crippen molar-refractivity contribution in [3.05, 3.63) is 18.5 Å². The molecule has 3 aliphatic rings. The highest BCUT2D eigenvalue weighted by Gasteiger charge is 2.42. The fraction of sp³-hybridized carbons (Fsp3) is 0.733. The van der Waals surface area contributed by atoms with Crippen LogP contribution in [0, 0.1) is 11.8 Å². The van der Waals surface area contributed by atoms with Crippen molar-refractivity contribution in [1.82, 2.24) is 14.9 Å². The molecule has 0 amide bonds. The van der Waals surface area contributed by atoms with Crippen molar-refractivity contribution in [2.45, 2.75) is 31.7 Å². The number of fused-ring (bicyclic) bond motifs is 2. The molecule has 2 aliphatic carbocycles. The van der Waals surface area contributed by atoms with Crippen molar-refractivity contribution in [3.8, 4) is 0 Å².